The molecule has 10 nitrogen and oxygen atoms in total. The highest BCUT2D eigenvalue weighted by Gasteiger charge is 2.36. The van der Waals surface area contributed by atoms with Crippen LogP contribution < -0.4 is 14.8 Å². The molecule has 3 aromatic rings. The van der Waals surface area contributed by atoms with E-state index in [0.717, 1.165) is 12.1 Å². The Balaban J connectivity index is 1.41. The zero-order valence-corrected chi connectivity index (χ0v) is 21.0. The van der Waals surface area contributed by atoms with Crippen molar-refractivity contribution in [2.24, 2.45) is 0 Å². The van der Waals surface area contributed by atoms with E-state index in [1.165, 1.54) is 25.3 Å². The molecule has 4 rings (SSSR count). The maximum atomic E-state index is 13.8. The first kappa shape index (κ1) is 27.3. The van der Waals surface area contributed by atoms with E-state index in [-0.39, 0.29) is 22.9 Å². The highest BCUT2D eigenvalue weighted by atomic mass is 32.2. The average Bonchev–Trinajstić information content (AvgIpc) is 3.16. The minimum Gasteiger partial charge on any atom is -0.493 e. The lowest BCUT2D eigenvalue weighted by molar-refractivity contribution is -0.384. The highest BCUT2D eigenvalue weighted by Crippen LogP contribution is 2.35. The number of amides is 3. The van der Waals surface area contributed by atoms with Crippen LogP contribution in [0.4, 0.5) is 25.0 Å². The Morgan fingerprint density at radius 2 is 1.82 bits per heavy atom. The number of ether oxygens (including phenoxy) is 2. The summed E-state index contributed by atoms with van der Waals surface area (Å²) < 4.78 is 38.0. The Kier molecular flexibility index (Phi) is 8.20. The number of hydrogen-bond donors (Lipinski definition) is 1. The normalized spacial score (nSPS) is 14.0. The molecule has 200 valence electrons. The molecular formula is C26H19F2N3O7S. The number of carbonyl (C=O) groups excluding carboxylic acids is 3. The van der Waals surface area contributed by atoms with Gasteiger partial charge in [0.25, 0.3) is 16.8 Å². The van der Waals surface area contributed by atoms with Crippen LogP contribution in [0.15, 0.2) is 65.6 Å². The molecule has 0 atom stereocenters. The topological polar surface area (TPSA) is 128 Å². The molecule has 0 saturated carbocycles. The standard InChI is InChI=1S/C26H19F2N3O7S/c1-37-22-10-16(4-9-21(22)38-14-15-2-6-18(7-3-15)31(35)36)11-23-25(33)30(26(34)39-23)13-24(32)29-20-8-5-17(27)12-19(20)28/h2-12H,13-14H2,1H3,(H,29,32)/b23-11+. The van der Waals surface area contributed by atoms with Crippen LogP contribution in [0.3, 0.4) is 0 Å². The molecule has 1 heterocycles. The van der Waals surface area contributed by atoms with Crippen molar-refractivity contribution in [2.45, 2.75) is 6.61 Å². The van der Waals surface area contributed by atoms with Crippen molar-refractivity contribution in [1.82, 2.24) is 4.90 Å². The predicted molar refractivity (Wildman–Crippen MR) is 138 cm³/mol. The second-order valence-corrected chi connectivity index (χ2v) is 9.06. The van der Waals surface area contributed by atoms with Crippen LogP contribution in [0, 0.1) is 21.7 Å². The third-order valence-corrected chi connectivity index (χ3v) is 6.31. The van der Waals surface area contributed by atoms with Crippen molar-refractivity contribution in [3.8, 4) is 11.5 Å². The Labute approximate surface area is 224 Å². The molecule has 1 aliphatic rings. The molecule has 0 bridgehead atoms. The highest BCUT2D eigenvalue weighted by molar-refractivity contribution is 8.18. The first-order valence-electron chi connectivity index (χ1n) is 11.2. The van der Waals surface area contributed by atoms with Gasteiger partial charge in [-0.1, -0.05) is 6.07 Å². The predicted octanol–water partition coefficient (Wildman–Crippen LogP) is 5.14. The fraction of sp³-hybridized carbons (Fsp3) is 0.115. The lowest BCUT2D eigenvalue weighted by Gasteiger charge is -2.13. The molecule has 3 amide bonds. The van der Waals surface area contributed by atoms with Crippen LogP contribution in [0.25, 0.3) is 6.08 Å². The Morgan fingerprint density at radius 3 is 2.49 bits per heavy atom. The summed E-state index contributed by atoms with van der Waals surface area (Å²) in [6.07, 6.45) is 1.45. The monoisotopic (exact) mass is 555 g/mol. The van der Waals surface area contributed by atoms with Crippen LogP contribution in [0.5, 0.6) is 11.5 Å². The minimum absolute atomic E-state index is 0.0347. The molecule has 39 heavy (non-hydrogen) atoms. The van der Waals surface area contributed by atoms with E-state index in [9.17, 15) is 33.3 Å². The van der Waals surface area contributed by atoms with E-state index < -0.39 is 40.2 Å². The summed E-state index contributed by atoms with van der Waals surface area (Å²) in [5.74, 6) is -2.64. The van der Waals surface area contributed by atoms with Gasteiger partial charge in [-0.05, 0) is 65.4 Å². The number of nitro groups is 1. The minimum atomic E-state index is -0.994. The maximum Gasteiger partial charge on any atom is 0.294 e. The smallest absolute Gasteiger partial charge is 0.294 e. The molecule has 1 aliphatic heterocycles. The van der Waals surface area contributed by atoms with Gasteiger partial charge in [0.1, 0.15) is 24.8 Å². The van der Waals surface area contributed by atoms with Crippen molar-refractivity contribution in [2.75, 3.05) is 19.0 Å². The second kappa shape index (κ2) is 11.7. The lowest BCUT2D eigenvalue weighted by atomic mass is 10.1. The number of rotatable bonds is 9. The number of carbonyl (C=O) groups is 3. The summed E-state index contributed by atoms with van der Waals surface area (Å²) in [6, 6.07) is 13.3. The molecule has 3 aromatic carbocycles. The van der Waals surface area contributed by atoms with Crippen molar-refractivity contribution >= 4 is 46.3 Å². The molecule has 0 unspecified atom stereocenters. The van der Waals surface area contributed by atoms with E-state index in [2.05, 4.69) is 5.32 Å². The molecule has 0 aliphatic carbocycles. The largest absolute Gasteiger partial charge is 0.493 e. The number of nitro benzene ring substituents is 1. The van der Waals surface area contributed by atoms with E-state index in [1.807, 2.05) is 0 Å². The summed E-state index contributed by atoms with van der Waals surface area (Å²) in [6.45, 7) is -0.534. The van der Waals surface area contributed by atoms with Gasteiger partial charge in [-0.2, -0.15) is 0 Å². The van der Waals surface area contributed by atoms with Gasteiger partial charge in [0.15, 0.2) is 11.5 Å². The number of thioether (sulfide) groups is 1. The van der Waals surface area contributed by atoms with Gasteiger partial charge in [-0.3, -0.25) is 29.4 Å². The third kappa shape index (κ3) is 6.57. The molecule has 13 heteroatoms. The van der Waals surface area contributed by atoms with Gasteiger partial charge in [0, 0.05) is 18.2 Å². The van der Waals surface area contributed by atoms with Gasteiger partial charge in [0.2, 0.25) is 5.91 Å². The van der Waals surface area contributed by atoms with E-state index in [1.54, 1.807) is 30.3 Å². The molecular weight excluding hydrogens is 536 g/mol. The van der Waals surface area contributed by atoms with Crippen LogP contribution >= 0.6 is 11.8 Å². The molecule has 0 aromatic heterocycles. The number of halogens is 2. The van der Waals surface area contributed by atoms with Gasteiger partial charge < -0.3 is 14.8 Å². The Hall–Kier alpha value is -4.78. The Morgan fingerprint density at radius 1 is 1.08 bits per heavy atom. The lowest BCUT2D eigenvalue weighted by Crippen LogP contribution is -2.36. The quantitative estimate of drug-likeness (QED) is 0.219. The van der Waals surface area contributed by atoms with Gasteiger partial charge in [-0.25, -0.2) is 8.78 Å². The number of imide groups is 1. The average molecular weight is 556 g/mol. The van der Waals surface area contributed by atoms with Crippen LogP contribution in [0.2, 0.25) is 0 Å². The second-order valence-electron chi connectivity index (χ2n) is 8.06. The molecule has 1 fully saturated rings. The van der Waals surface area contributed by atoms with Gasteiger partial charge in [0.05, 0.1) is 22.6 Å². The van der Waals surface area contributed by atoms with Crippen molar-refractivity contribution in [1.29, 1.82) is 0 Å². The van der Waals surface area contributed by atoms with Crippen LogP contribution in [-0.4, -0.2) is 40.5 Å². The van der Waals surface area contributed by atoms with Crippen LogP contribution in [0.1, 0.15) is 11.1 Å². The van der Waals surface area contributed by atoms with E-state index in [4.69, 9.17) is 9.47 Å². The number of benzene rings is 3. The fourth-order valence-corrected chi connectivity index (χ4v) is 4.32. The number of anilines is 1. The number of hydrogen-bond acceptors (Lipinski definition) is 8. The number of nitrogens with one attached hydrogen (secondary N) is 1. The molecule has 0 spiro atoms. The number of methoxy groups -OCH3 is 1. The van der Waals surface area contributed by atoms with E-state index in [0.29, 0.717) is 45.4 Å². The first-order chi connectivity index (χ1) is 18.6. The van der Waals surface area contributed by atoms with Crippen molar-refractivity contribution in [3.63, 3.8) is 0 Å². The van der Waals surface area contributed by atoms with Crippen LogP contribution in [-0.2, 0) is 16.2 Å². The summed E-state index contributed by atoms with van der Waals surface area (Å²) in [5.41, 5.74) is 0.892. The van der Waals surface area contributed by atoms with Gasteiger partial charge in [-0.15, -0.1) is 0 Å². The number of non-ortho nitro benzene ring substituents is 1. The molecule has 0 radical (unpaired) electrons. The molecule has 1 saturated heterocycles. The van der Waals surface area contributed by atoms with E-state index >= 15 is 0 Å². The zero-order valence-electron chi connectivity index (χ0n) is 20.2. The Bertz CT molecular complexity index is 1500. The zero-order chi connectivity index (χ0) is 28.1. The summed E-state index contributed by atoms with van der Waals surface area (Å²) in [7, 11) is 1.42. The summed E-state index contributed by atoms with van der Waals surface area (Å²) >= 11 is 0.633. The fourth-order valence-electron chi connectivity index (χ4n) is 3.48. The third-order valence-electron chi connectivity index (χ3n) is 5.41. The van der Waals surface area contributed by atoms with Crippen molar-refractivity contribution < 1.29 is 37.6 Å². The molecule has 1 N–H and O–H groups in total. The first-order valence-corrected chi connectivity index (χ1v) is 12.0. The van der Waals surface area contributed by atoms with Crippen molar-refractivity contribution in [3.05, 3.63) is 98.4 Å². The SMILES string of the molecule is COc1cc(/C=C2/SC(=O)N(CC(=O)Nc3ccc(F)cc3F)C2=O)ccc1OCc1ccc([N+](=O)[O-])cc1. The number of nitrogens with zero attached hydrogens (tertiary/aromatic N) is 2. The summed E-state index contributed by atoms with van der Waals surface area (Å²) in [4.78, 5) is 48.5. The van der Waals surface area contributed by atoms with Gasteiger partial charge >= 0.3 is 0 Å². The summed E-state index contributed by atoms with van der Waals surface area (Å²) in [5, 5.41) is 12.3. The maximum absolute atomic E-state index is 13.8.